The largest absolute Gasteiger partial charge is 0.341 e. The Morgan fingerprint density at radius 3 is 2.89 bits per heavy atom. The Morgan fingerprint density at radius 1 is 1.32 bits per heavy atom. The minimum Gasteiger partial charge on any atom is -0.341 e. The second kappa shape index (κ2) is 6.71. The smallest absolute Gasteiger partial charge is 0.223 e. The maximum atomic E-state index is 12.3. The normalized spacial score (nSPS) is 17.9. The molecule has 104 valence electrons. The molecule has 1 saturated heterocycles. The van der Waals surface area contributed by atoms with Gasteiger partial charge < -0.3 is 10.2 Å². The minimum atomic E-state index is 0.291. The van der Waals surface area contributed by atoms with E-state index in [1.165, 1.54) is 11.1 Å². The van der Waals surface area contributed by atoms with Crippen LogP contribution in [0, 0.1) is 6.92 Å². The second-order valence-corrected chi connectivity index (χ2v) is 5.45. The molecule has 1 amide bonds. The van der Waals surface area contributed by atoms with E-state index in [1.54, 1.807) is 0 Å². The number of carbonyl (C=O) groups is 1. The van der Waals surface area contributed by atoms with Crippen LogP contribution in [0.3, 0.4) is 0 Å². The van der Waals surface area contributed by atoms with Crippen molar-refractivity contribution in [2.24, 2.45) is 0 Å². The van der Waals surface area contributed by atoms with Gasteiger partial charge in [0.15, 0.2) is 0 Å². The van der Waals surface area contributed by atoms with Crippen LogP contribution in [0.15, 0.2) is 24.3 Å². The molecule has 1 aliphatic rings. The fourth-order valence-electron chi connectivity index (χ4n) is 2.74. The number of benzene rings is 1. The van der Waals surface area contributed by atoms with Crippen molar-refractivity contribution in [3.63, 3.8) is 0 Å². The Hall–Kier alpha value is -1.35. The van der Waals surface area contributed by atoms with Crippen molar-refractivity contribution in [1.29, 1.82) is 0 Å². The summed E-state index contributed by atoms with van der Waals surface area (Å²) in [5.41, 5.74) is 2.57. The molecule has 0 aliphatic carbocycles. The van der Waals surface area contributed by atoms with Crippen molar-refractivity contribution in [2.75, 3.05) is 26.2 Å². The van der Waals surface area contributed by atoms with E-state index in [1.807, 2.05) is 11.0 Å². The third-order valence-electron chi connectivity index (χ3n) is 3.89. The van der Waals surface area contributed by atoms with Gasteiger partial charge in [-0.1, -0.05) is 31.2 Å². The van der Waals surface area contributed by atoms with E-state index >= 15 is 0 Å². The molecule has 3 nitrogen and oxygen atoms in total. The van der Waals surface area contributed by atoms with Crippen LogP contribution >= 0.6 is 0 Å². The van der Waals surface area contributed by atoms with Crippen LogP contribution in [0.25, 0.3) is 0 Å². The summed E-state index contributed by atoms with van der Waals surface area (Å²) in [4.78, 5) is 14.4. The van der Waals surface area contributed by atoms with E-state index in [9.17, 15) is 4.79 Å². The van der Waals surface area contributed by atoms with Crippen LogP contribution in [0.1, 0.15) is 36.8 Å². The Balaban J connectivity index is 1.96. The average Bonchev–Trinajstić information content (AvgIpc) is 2.68. The van der Waals surface area contributed by atoms with Gasteiger partial charge >= 0.3 is 0 Å². The van der Waals surface area contributed by atoms with E-state index in [0.29, 0.717) is 18.2 Å². The molecule has 1 N–H and O–H groups in total. The molecular weight excluding hydrogens is 236 g/mol. The molecule has 1 aromatic rings. The van der Waals surface area contributed by atoms with Gasteiger partial charge in [0.1, 0.15) is 0 Å². The highest BCUT2D eigenvalue weighted by atomic mass is 16.2. The van der Waals surface area contributed by atoms with Crippen LogP contribution in [-0.4, -0.2) is 37.0 Å². The summed E-state index contributed by atoms with van der Waals surface area (Å²) in [6.45, 7) is 7.95. The number of nitrogens with zero attached hydrogens (tertiary/aromatic N) is 1. The first-order chi connectivity index (χ1) is 9.18. The van der Waals surface area contributed by atoms with E-state index in [-0.39, 0.29) is 0 Å². The van der Waals surface area contributed by atoms with Gasteiger partial charge in [0, 0.05) is 26.1 Å². The van der Waals surface area contributed by atoms with E-state index < -0.39 is 0 Å². The lowest BCUT2D eigenvalue weighted by Gasteiger charge is -2.22. The molecule has 1 unspecified atom stereocenters. The van der Waals surface area contributed by atoms with Crippen LogP contribution in [0.4, 0.5) is 0 Å². The summed E-state index contributed by atoms with van der Waals surface area (Å²) < 4.78 is 0. The van der Waals surface area contributed by atoms with E-state index in [2.05, 4.69) is 37.4 Å². The highest BCUT2D eigenvalue weighted by Gasteiger charge is 2.19. The molecule has 0 radical (unpaired) electrons. The van der Waals surface area contributed by atoms with Crippen LogP contribution < -0.4 is 5.32 Å². The molecule has 1 atom stereocenters. The maximum absolute atomic E-state index is 12.3. The first kappa shape index (κ1) is 14.1. The summed E-state index contributed by atoms with van der Waals surface area (Å²) in [7, 11) is 0. The number of nitrogens with one attached hydrogen (secondary N) is 1. The quantitative estimate of drug-likeness (QED) is 0.904. The first-order valence-electron chi connectivity index (χ1n) is 7.22. The van der Waals surface area contributed by atoms with Crippen LogP contribution in [0.2, 0.25) is 0 Å². The predicted octanol–water partition coefficient (Wildman–Crippen LogP) is 2.31. The standard InChI is InChI=1S/C16H24N2O/c1-13-6-3-4-7-15(13)14(2)12-16(19)18-10-5-8-17-9-11-18/h3-4,6-7,14,17H,5,8-12H2,1-2H3. The average molecular weight is 260 g/mol. The lowest BCUT2D eigenvalue weighted by atomic mass is 9.93. The maximum Gasteiger partial charge on any atom is 0.223 e. The Bertz CT molecular complexity index is 423. The number of carbonyl (C=O) groups excluding carboxylic acids is 1. The number of aryl methyl sites for hydroxylation is 1. The van der Waals surface area contributed by atoms with Gasteiger partial charge in [-0.3, -0.25) is 4.79 Å². The fraction of sp³-hybridized carbons (Fsp3) is 0.562. The molecule has 0 bridgehead atoms. The molecule has 3 heteroatoms. The highest BCUT2D eigenvalue weighted by Crippen LogP contribution is 2.23. The summed E-state index contributed by atoms with van der Waals surface area (Å²) in [6.07, 6.45) is 1.68. The van der Waals surface area contributed by atoms with Crippen molar-refractivity contribution in [2.45, 2.75) is 32.6 Å². The van der Waals surface area contributed by atoms with Gasteiger partial charge in [-0.05, 0) is 36.9 Å². The SMILES string of the molecule is Cc1ccccc1C(C)CC(=O)N1CCCNCC1. The van der Waals surface area contributed by atoms with Gasteiger partial charge in [-0.25, -0.2) is 0 Å². The first-order valence-corrected chi connectivity index (χ1v) is 7.22. The molecule has 1 aromatic carbocycles. The van der Waals surface area contributed by atoms with Crippen molar-refractivity contribution in [1.82, 2.24) is 10.2 Å². The number of amides is 1. The third-order valence-corrected chi connectivity index (χ3v) is 3.89. The van der Waals surface area contributed by atoms with Gasteiger partial charge in [-0.15, -0.1) is 0 Å². The van der Waals surface area contributed by atoms with Gasteiger partial charge in [0.05, 0.1) is 0 Å². The molecular formula is C16H24N2O. The highest BCUT2D eigenvalue weighted by molar-refractivity contribution is 5.77. The molecule has 2 rings (SSSR count). The lowest BCUT2D eigenvalue weighted by molar-refractivity contribution is -0.131. The molecule has 0 saturated carbocycles. The van der Waals surface area contributed by atoms with Crippen molar-refractivity contribution in [3.05, 3.63) is 35.4 Å². The molecule has 1 heterocycles. The number of hydrogen-bond acceptors (Lipinski definition) is 2. The number of rotatable bonds is 3. The predicted molar refractivity (Wildman–Crippen MR) is 78.3 cm³/mol. The summed E-state index contributed by atoms with van der Waals surface area (Å²) in [6, 6.07) is 8.36. The minimum absolute atomic E-state index is 0.291. The zero-order chi connectivity index (χ0) is 13.7. The molecule has 1 fully saturated rings. The van der Waals surface area contributed by atoms with Gasteiger partial charge in [0.25, 0.3) is 0 Å². The molecule has 19 heavy (non-hydrogen) atoms. The van der Waals surface area contributed by atoms with E-state index in [4.69, 9.17) is 0 Å². The van der Waals surface area contributed by atoms with Crippen molar-refractivity contribution >= 4 is 5.91 Å². The zero-order valence-electron chi connectivity index (χ0n) is 12.0. The molecule has 1 aliphatic heterocycles. The summed E-state index contributed by atoms with van der Waals surface area (Å²) >= 11 is 0. The van der Waals surface area contributed by atoms with E-state index in [0.717, 1.165) is 32.6 Å². The monoisotopic (exact) mass is 260 g/mol. The molecule has 0 aromatic heterocycles. The van der Waals surface area contributed by atoms with Crippen LogP contribution in [-0.2, 0) is 4.79 Å². The van der Waals surface area contributed by atoms with Crippen molar-refractivity contribution < 1.29 is 4.79 Å². The Morgan fingerprint density at radius 2 is 2.11 bits per heavy atom. The Kier molecular flexibility index (Phi) is 4.97. The Labute approximate surface area is 116 Å². The zero-order valence-corrected chi connectivity index (χ0v) is 12.0. The topological polar surface area (TPSA) is 32.3 Å². The van der Waals surface area contributed by atoms with Crippen LogP contribution in [0.5, 0.6) is 0 Å². The summed E-state index contributed by atoms with van der Waals surface area (Å²) in [5, 5.41) is 3.33. The fourth-order valence-corrected chi connectivity index (χ4v) is 2.74. The third kappa shape index (κ3) is 3.80. The number of hydrogen-bond donors (Lipinski definition) is 1. The summed E-state index contributed by atoms with van der Waals surface area (Å²) in [5.74, 6) is 0.587. The van der Waals surface area contributed by atoms with Crippen molar-refractivity contribution in [3.8, 4) is 0 Å². The second-order valence-electron chi connectivity index (χ2n) is 5.45. The molecule has 0 spiro atoms. The van der Waals surface area contributed by atoms with Gasteiger partial charge in [0.2, 0.25) is 5.91 Å². The van der Waals surface area contributed by atoms with Gasteiger partial charge in [-0.2, -0.15) is 0 Å². The lowest BCUT2D eigenvalue weighted by Crippen LogP contribution is -2.34.